The molecule has 4 nitrogen and oxygen atoms in total. The molecule has 0 aromatic heterocycles. The lowest BCUT2D eigenvalue weighted by molar-refractivity contribution is -0.115. The van der Waals surface area contributed by atoms with Crippen LogP contribution in [0.1, 0.15) is 22.3 Å². The van der Waals surface area contributed by atoms with E-state index < -0.39 is 0 Å². The lowest BCUT2D eigenvalue weighted by atomic mass is 10.1. The van der Waals surface area contributed by atoms with Crippen molar-refractivity contribution in [3.63, 3.8) is 0 Å². The first-order valence-electron chi connectivity index (χ1n) is 7.69. The molecule has 0 aliphatic carbocycles. The number of hydrogen-bond acceptors (Lipinski definition) is 4. The largest absolute Gasteiger partial charge is 0.507 e. The minimum absolute atomic E-state index is 0.188. The zero-order valence-electron chi connectivity index (χ0n) is 14.1. The number of halogens is 1. The molecule has 6 heteroatoms. The number of carbonyl (C=O) groups is 1. The average Bonchev–Trinajstić information content (AvgIpc) is 2.88. The van der Waals surface area contributed by atoms with E-state index in [0.29, 0.717) is 15.1 Å². The predicted molar refractivity (Wildman–Crippen MR) is 105 cm³/mol. The number of thioether (sulfide) groups is 1. The Bertz CT molecular complexity index is 912. The van der Waals surface area contributed by atoms with Crippen molar-refractivity contribution in [2.24, 2.45) is 4.99 Å². The summed E-state index contributed by atoms with van der Waals surface area (Å²) in [5.41, 5.74) is 4.13. The van der Waals surface area contributed by atoms with Crippen molar-refractivity contribution in [3.8, 4) is 5.75 Å². The number of nitrogens with zero attached hydrogens (tertiary/aromatic N) is 1. The molecule has 0 radical (unpaired) electrons. The number of carbonyl (C=O) groups excluding carboxylic acids is 1. The van der Waals surface area contributed by atoms with Crippen molar-refractivity contribution in [1.82, 2.24) is 5.32 Å². The van der Waals surface area contributed by atoms with Gasteiger partial charge in [-0.15, -0.1) is 0 Å². The molecule has 0 atom stereocenters. The number of phenolic OH excluding ortho intramolecular Hbond substituents is 1. The maximum atomic E-state index is 12.2. The maximum Gasteiger partial charge on any atom is 0.264 e. The second-order valence-electron chi connectivity index (χ2n) is 5.92. The standard InChI is InChI=1S/C19H17ClN2O2S/c1-10-4-5-14(20)9-15(10)21-19-22-18(24)16(25-19)8-13-6-11(2)17(23)12(3)7-13/h4-9,23H,1-3H3,(H,21,22,24). The zero-order valence-corrected chi connectivity index (χ0v) is 15.6. The third-order valence-corrected chi connectivity index (χ3v) is 5.00. The molecule has 1 saturated heterocycles. The van der Waals surface area contributed by atoms with Crippen molar-refractivity contribution < 1.29 is 9.90 Å². The number of hydrogen-bond donors (Lipinski definition) is 2. The fourth-order valence-electron chi connectivity index (χ4n) is 2.52. The van der Waals surface area contributed by atoms with Crippen LogP contribution in [0.3, 0.4) is 0 Å². The molecule has 0 bridgehead atoms. The molecule has 1 aliphatic rings. The topological polar surface area (TPSA) is 61.7 Å². The van der Waals surface area contributed by atoms with Gasteiger partial charge in [-0.05, 0) is 85.1 Å². The van der Waals surface area contributed by atoms with Gasteiger partial charge in [0.1, 0.15) is 5.75 Å². The average molecular weight is 373 g/mol. The first kappa shape index (κ1) is 17.6. The van der Waals surface area contributed by atoms with E-state index in [1.165, 1.54) is 11.8 Å². The van der Waals surface area contributed by atoms with Crippen molar-refractivity contribution >= 4 is 46.2 Å². The number of aromatic hydroxyl groups is 1. The fourth-order valence-corrected chi connectivity index (χ4v) is 3.52. The second kappa shape index (κ2) is 6.94. The predicted octanol–water partition coefficient (Wildman–Crippen LogP) is 4.86. The highest BCUT2D eigenvalue weighted by atomic mass is 35.5. The van der Waals surface area contributed by atoms with E-state index in [0.717, 1.165) is 27.9 Å². The summed E-state index contributed by atoms with van der Waals surface area (Å²) in [6.07, 6.45) is 1.80. The third-order valence-electron chi connectivity index (χ3n) is 3.86. The molecule has 2 N–H and O–H groups in total. The van der Waals surface area contributed by atoms with Crippen LogP contribution in [-0.2, 0) is 4.79 Å². The molecule has 2 aromatic carbocycles. The second-order valence-corrected chi connectivity index (χ2v) is 7.38. The van der Waals surface area contributed by atoms with Gasteiger partial charge in [-0.25, -0.2) is 4.99 Å². The monoisotopic (exact) mass is 372 g/mol. The normalized spacial score (nSPS) is 17.4. The van der Waals surface area contributed by atoms with Gasteiger partial charge in [0.05, 0.1) is 10.6 Å². The highest BCUT2D eigenvalue weighted by Crippen LogP contribution is 2.31. The quantitative estimate of drug-likeness (QED) is 0.740. The summed E-state index contributed by atoms with van der Waals surface area (Å²) in [6, 6.07) is 9.16. The van der Waals surface area contributed by atoms with Crippen LogP contribution >= 0.6 is 23.4 Å². The maximum absolute atomic E-state index is 12.2. The van der Waals surface area contributed by atoms with Crippen molar-refractivity contribution in [2.75, 3.05) is 0 Å². The van der Waals surface area contributed by atoms with Gasteiger partial charge in [-0.1, -0.05) is 17.7 Å². The van der Waals surface area contributed by atoms with Gasteiger partial charge in [-0.2, -0.15) is 0 Å². The van der Waals surface area contributed by atoms with Gasteiger partial charge in [-0.3, -0.25) is 4.79 Å². The van der Waals surface area contributed by atoms with Gasteiger partial charge < -0.3 is 10.4 Å². The summed E-state index contributed by atoms with van der Waals surface area (Å²) >= 11 is 7.30. The molecular formula is C19H17ClN2O2S. The van der Waals surface area contributed by atoms with E-state index in [9.17, 15) is 9.90 Å². The van der Waals surface area contributed by atoms with Gasteiger partial charge >= 0.3 is 0 Å². The first-order chi connectivity index (χ1) is 11.8. The molecule has 128 valence electrons. The number of aryl methyl sites for hydroxylation is 3. The van der Waals surface area contributed by atoms with Crippen LogP contribution in [0.5, 0.6) is 5.75 Å². The van der Waals surface area contributed by atoms with E-state index in [1.807, 2.05) is 45.0 Å². The van der Waals surface area contributed by atoms with Crippen molar-refractivity contribution in [1.29, 1.82) is 0 Å². The zero-order chi connectivity index (χ0) is 18.1. The van der Waals surface area contributed by atoms with Crippen LogP contribution in [0.15, 0.2) is 40.2 Å². The van der Waals surface area contributed by atoms with Crippen LogP contribution < -0.4 is 5.32 Å². The van der Waals surface area contributed by atoms with Crippen LogP contribution in [0.2, 0.25) is 5.02 Å². The Hall–Kier alpha value is -2.24. The summed E-state index contributed by atoms with van der Waals surface area (Å²) in [5.74, 6) is 0.0937. The number of nitrogens with one attached hydrogen (secondary N) is 1. The van der Waals surface area contributed by atoms with Gasteiger partial charge in [0.2, 0.25) is 0 Å². The minimum atomic E-state index is -0.188. The van der Waals surface area contributed by atoms with E-state index in [1.54, 1.807) is 12.1 Å². The number of amides is 1. The van der Waals surface area contributed by atoms with Crippen LogP contribution in [-0.4, -0.2) is 16.2 Å². The summed E-state index contributed by atoms with van der Waals surface area (Å²) < 4.78 is 0. The Balaban J connectivity index is 1.90. The summed E-state index contributed by atoms with van der Waals surface area (Å²) in [5, 5.41) is 13.8. The summed E-state index contributed by atoms with van der Waals surface area (Å²) in [4.78, 5) is 17.3. The van der Waals surface area contributed by atoms with Crippen molar-refractivity contribution in [2.45, 2.75) is 20.8 Å². The molecule has 0 unspecified atom stereocenters. The van der Waals surface area contributed by atoms with Crippen LogP contribution in [0, 0.1) is 20.8 Å². The Labute approximate surface area is 155 Å². The first-order valence-corrected chi connectivity index (χ1v) is 8.89. The molecule has 0 saturated carbocycles. The lowest BCUT2D eigenvalue weighted by Crippen LogP contribution is -2.19. The van der Waals surface area contributed by atoms with Gasteiger partial charge in [0.15, 0.2) is 5.17 Å². The van der Waals surface area contributed by atoms with Crippen LogP contribution in [0.4, 0.5) is 5.69 Å². The van der Waals surface area contributed by atoms with E-state index >= 15 is 0 Å². The highest BCUT2D eigenvalue weighted by Gasteiger charge is 2.24. The third kappa shape index (κ3) is 3.89. The molecule has 1 fully saturated rings. The lowest BCUT2D eigenvalue weighted by Gasteiger charge is -2.05. The molecule has 3 rings (SSSR count). The molecule has 25 heavy (non-hydrogen) atoms. The summed E-state index contributed by atoms with van der Waals surface area (Å²) in [6.45, 7) is 5.61. The van der Waals surface area contributed by atoms with Crippen molar-refractivity contribution in [3.05, 3.63) is 62.5 Å². The minimum Gasteiger partial charge on any atom is -0.507 e. The fraction of sp³-hybridized carbons (Fsp3) is 0.158. The molecular weight excluding hydrogens is 356 g/mol. The Morgan fingerprint density at radius 3 is 2.48 bits per heavy atom. The van der Waals surface area contributed by atoms with Gasteiger partial charge in [0, 0.05) is 5.02 Å². The molecule has 2 aromatic rings. The Morgan fingerprint density at radius 2 is 1.80 bits per heavy atom. The number of benzene rings is 2. The molecule has 1 aliphatic heterocycles. The Morgan fingerprint density at radius 1 is 1.12 bits per heavy atom. The van der Waals surface area contributed by atoms with Gasteiger partial charge in [0.25, 0.3) is 5.91 Å². The van der Waals surface area contributed by atoms with E-state index in [4.69, 9.17) is 11.6 Å². The summed E-state index contributed by atoms with van der Waals surface area (Å²) in [7, 11) is 0. The van der Waals surface area contributed by atoms with E-state index in [-0.39, 0.29) is 11.7 Å². The smallest absolute Gasteiger partial charge is 0.264 e. The highest BCUT2D eigenvalue weighted by molar-refractivity contribution is 8.18. The SMILES string of the molecule is Cc1ccc(Cl)cc1N=C1NC(=O)C(=Cc2cc(C)c(O)c(C)c2)S1. The number of amidine groups is 1. The van der Waals surface area contributed by atoms with Crippen LogP contribution in [0.25, 0.3) is 6.08 Å². The Kier molecular flexibility index (Phi) is 4.88. The molecule has 1 heterocycles. The van der Waals surface area contributed by atoms with E-state index in [2.05, 4.69) is 10.3 Å². The number of rotatable bonds is 2. The number of aliphatic imine (C=N–C) groups is 1. The number of phenols is 1. The molecule has 1 amide bonds. The molecule has 0 spiro atoms.